The van der Waals surface area contributed by atoms with Gasteiger partial charge in [0.2, 0.25) is 0 Å². The Hall–Kier alpha value is -2.73. The summed E-state index contributed by atoms with van der Waals surface area (Å²) in [6.45, 7) is 4.71. The first kappa shape index (κ1) is 21.0. The Bertz CT molecular complexity index is 866. The highest BCUT2D eigenvalue weighted by Gasteiger charge is 2.22. The molecular weight excluding hydrogens is 394 g/mol. The largest absolute Gasteiger partial charge is 0.486 e. The summed E-state index contributed by atoms with van der Waals surface area (Å²) in [6, 6.07) is 12.3. The Morgan fingerprint density at radius 2 is 1.76 bits per heavy atom. The van der Waals surface area contributed by atoms with Crippen LogP contribution in [0.4, 0.5) is 0 Å². The van der Waals surface area contributed by atoms with Crippen molar-refractivity contribution in [3.63, 3.8) is 0 Å². The molecule has 0 unspecified atom stereocenters. The van der Waals surface area contributed by atoms with E-state index in [2.05, 4.69) is 5.32 Å². The Morgan fingerprint density at radius 3 is 2.45 bits per heavy atom. The van der Waals surface area contributed by atoms with Gasteiger partial charge in [0.25, 0.3) is 5.91 Å². The molecule has 0 saturated carbocycles. The average Bonchev–Trinajstić information content (AvgIpc) is 2.71. The topological polar surface area (TPSA) is 73.9 Å². The van der Waals surface area contributed by atoms with Crippen LogP contribution in [0.3, 0.4) is 0 Å². The Kier molecular flexibility index (Phi) is 6.99. The molecule has 0 radical (unpaired) electrons. The van der Waals surface area contributed by atoms with Gasteiger partial charge in [-0.05, 0) is 41.3 Å². The van der Waals surface area contributed by atoms with E-state index >= 15 is 0 Å². The van der Waals surface area contributed by atoms with Crippen LogP contribution in [0.2, 0.25) is 5.02 Å². The van der Waals surface area contributed by atoms with Crippen molar-refractivity contribution < 1.29 is 23.8 Å². The predicted molar refractivity (Wildman–Crippen MR) is 109 cm³/mol. The molecule has 0 saturated heterocycles. The van der Waals surface area contributed by atoms with E-state index < -0.39 is 5.97 Å². The van der Waals surface area contributed by atoms with Crippen molar-refractivity contribution in [2.45, 2.75) is 26.3 Å². The van der Waals surface area contributed by atoms with Gasteiger partial charge in [-0.1, -0.05) is 43.6 Å². The summed E-state index contributed by atoms with van der Waals surface area (Å²) < 4.78 is 16.3. The summed E-state index contributed by atoms with van der Waals surface area (Å²) in [5, 5.41) is 3.53. The zero-order chi connectivity index (χ0) is 20.8. The molecule has 2 aromatic rings. The molecule has 1 N–H and O–H groups in total. The van der Waals surface area contributed by atoms with E-state index in [0.717, 1.165) is 11.1 Å². The molecule has 0 fully saturated rings. The van der Waals surface area contributed by atoms with Gasteiger partial charge in [0, 0.05) is 5.02 Å². The van der Waals surface area contributed by atoms with Crippen LogP contribution in [-0.2, 0) is 20.7 Å². The number of esters is 1. The number of halogens is 1. The van der Waals surface area contributed by atoms with Crippen LogP contribution >= 0.6 is 11.6 Å². The predicted octanol–water partition coefficient (Wildman–Crippen LogP) is 3.71. The molecule has 0 spiro atoms. The number of hydrogen-bond acceptors (Lipinski definition) is 5. The van der Waals surface area contributed by atoms with E-state index in [-0.39, 0.29) is 30.9 Å². The normalized spacial score (nSPS) is 13.7. The van der Waals surface area contributed by atoms with Crippen molar-refractivity contribution in [3.8, 4) is 11.5 Å². The summed E-state index contributed by atoms with van der Waals surface area (Å²) in [5.41, 5.74) is 1.68. The second-order valence-corrected chi connectivity index (χ2v) is 7.59. The van der Waals surface area contributed by atoms with Crippen LogP contribution in [0.25, 0.3) is 0 Å². The average molecular weight is 418 g/mol. The first-order chi connectivity index (χ1) is 13.9. The molecule has 1 amide bonds. The fourth-order valence-electron chi connectivity index (χ4n) is 3.07. The van der Waals surface area contributed by atoms with Crippen molar-refractivity contribution in [2.75, 3.05) is 19.8 Å². The van der Waals surface area contributed by atoms with Crippen molar-refractivity contribution in [1.82, 2.24) is 5.32 Å². The maximum Gasteiger partial charge on any atom is 0.310 e. The molecule has 0 aromatic heterocycles. The molecule has 0 aliphatic carbocycles. The molecule has 3 rings (SSSR count). The lowest BCUT2D eigenvalue weighted by Crippen LogP contribution is -2.35. The van der Waals surface area contributed by atoms with Gasteiger partial charge in [-0.2, -0.15) is 0 Å². The van der Waals surface area contributed by atoms with Gasteiger partial charge in [-0.25, -0.2) is 0 Å². The second kappa shape index (κ2) is 9.65. The van der Waals surface area contributed by atoms with Gasteiger partial charge in [0.05, 0.1) is 12.5 Å². The minimum Gasteiger partial charge on any atom is -0.486 e. The first-order valence-corrected chi connectivity index (χ1v) is 9.89. The molecule has 6 nitrogen and oxygen atoms in total. The third kappa shape index (κ3) is 5.87. The SMILES string of the molecule is CC(C)[C@H](NC(=O)COC(=O)Cc1ccc(Cl)cc1)c1ccc2c(c1)OCCO2. The number of carbonyl (C=O) groups excluding carboxylic acids is 2. The fraction of sp³-hybridized carbons (Fsp3) is 0.364. The zero-order valence-electron chi connectivity index (χ0n) is 16.4. The number of amides is 1. The van der Waals surface area contributed by atoms with Crippen LogP contribution in [-0.4, -0.2) is 31.7 Å². The van der Waals surface area contributed by atoms with Crippen LogP contribution in [0.15, 0.2) is 42.5 Å². The molecule has 1 aliphatic rings. The highest BCUT2D eigenvalue weighted by molar-refractivity contribution is 6.30. The third-order valence-electron chi connectivity index (χ3n) is 4.53. The number of fused-ring (bicyclic) bond motifs is 1. The minimum absolute atomic E-state index is 0.0836. The summed E-state index contributed by atoms with van der Waals surface area (Å²) in [5.74, 6) is 0.672. The van der Waals surface area contributed by atoms with Gasteiger partial charge in [0.15, 0.2) is 18.1 Å². The number of nitrogens with one attached hydrogen (secondary N) is 1. The van der Waals surface area contributed by atoms with Crippen molar-refractivity contribution in [1.29, 1.82) is 0 Å². The zero-order valence-corrected chi connectivity index (χ0v) is 17.2. The van der Waals surface area contributed by atoms with E-state index in [4.69, 9.17) is 25.8 Å². The molecule has 7 heteroatoms. The third-order valence-corrected chi connectivity index (χ3v) is 4.79. The molecule has 1 aliphatic heterocycles. The summed E-state index contributed by atoms with van der Waals surface area (Å²) in [4.78, 5) is 24.3. The lowest BCUT2D eigenvalue weighted by atomic mass is 9.95. The smallest absolute Gasteiger partial charge is 0.310 e. The highest BCUT2D eigenvalue weighted by atomic mass is 35.5. The number of rotatable bonds is 7. The van der Waals surface area contributed by atoms with Gasteiger partial charge in [-0.3, -0.25) is 9.59 Å². The first-order valence-electron chi connectivity index (χ1n) is 9.51. The quantitative estimate of drug-likeness (QED) is 0.695. The van der Waals surface area contributed by atoms with Crippen LogP contribution in [0.1, 0.15) is 31.0 Å². The Morgan fingerprint density at radius 1 is 1.07 bits per heavy atom. The lowest BCUT2D eigenvalue weighted by Gasteiger charge is -2.25. The van der Waals surface area contributed by atoms with Crippen molar-refractivity contribution >= 4 is 23.5 Å². The van der Waals surface area contributed by atoms with Crippen molar-refractivity contribution in [2.24, 2.45) is 5.92 Å². The molecule has 154 valence electrons. The summed E-state index contributed by atoms with van der Waals surface area (Å²) in [6.07, 6.45) is 0.0836. The van der Waals surface area contributed by atoms with E-state index in [1.807, 2.05) is 32.0 Å². The standard InChI is InChI=1S/C22H24ClNO5/c1-14(2)22(16-5-8-18-19(12-16)28-10-9-27-18)24-20(25)13-29-21(26)11-15-3-6-17(23)7-4-15/h3-8,12,14,22H,9-11,13H2,1-2H3,(H,24,25)/t22-/m0/s1. The number of hydrogen-bond donors (Lipinski definition) is 1. The van der Waals surface area contributed by atoms with E-state index in [1.165, 1.54) is 0 Å². The maximum atomic E-state index is 12.4. The van der Waals surface area contributed by atoms with Crippen LogP contribution in [0.5, 0.6) is 11.5 Å². The van der Waals surface area contributed by atoms with Crippen LogP contribution in [0, 0.1) is 5.92 Å². The van der Waals surface area contributed by atoms with Crippen LogP contribution < -0.4 is 14.8 Å². The molecule has 29 heavy (non-hydrogen) atoms. The van der Waals surface area contributed by atoms with Crippen molar-refractivity contribution in [3.05, 3.63) is 58.6 Å². The number of benzene rings is 2. The highest BCUT2D eigenvalue weighted by Crippen LogP contribution is 2.34. The van der Waals surface area contributed by atoms with E-state index in [1.54, 1.807) is 24.3 Å². The minimum atomic E-state index is -0.470. The molecule has 1 atom stereocenters. The van der Waals surface area contributed by atoms with Gasteiger partial charge in [0.1, 0.15) is 13.2 Å². The van der Waals surface area contributed by atoms with Gasteiger partial charge in [-0.15, -0.1) is 0 Å². The summed E-state index contributed by atoms with van der Waals surface area (Å²) >= 11 is 5.83. The fourth-order valence-corrected chi connectivity index (χ4v) is 3.20. The second-order valence-electron chi connectivity index (χ2n) is 7.16. The van der Waals surface area contributed by atoms with Gasteiger partial charge < -0.3 is 19.5 Å². The van der Waals surface area contributed by atoms with E-state index in [9.17, 15) is 9.59 Å². The molecular formula is C22H24ClNO5. The Balaban J connectivity index is 1.55. The monoisotopic (exact) mass is 417 g/mol. The number of carbonyl (C=O) groups is 2. The molecule has 0 bridgehead atoms. The molecule has 2 aromatic carbocycles. The maximum absolute atomic E-state index is 12.4. The van der Waals surface area contributed by atoms with Gasteiger partial charge >= 0.3 is 5.97 Å². The lowest BCUT2D eigenvalue weighted by molar-refractivity contribution is -0.148. The molecule has 1 heterocycles. The summed E-state index contributed by atoms with van der Waals surface area (Å²) in [7, 11) is 0. The number of ether oxygens (including phenoxy) is 3. The van der Waals surface area contributed by atoms with E-state index in [0.29, 0.717) is 29.7 Å². The Labute approximate surface area is 175 Å².